The van der Waals surface area contributed by atoms with Crippen molar-refractivity contribution in [2.75, 3.05) is 5.32 Å². The van der Waals surface area contributed by atoms with E-state index >= 15 is 0 Å². The van der Waals surface area contributed by atoms with E-state index in [1.165, 1.54) is 18.2 Å². The van der Waals surface area contributed by atoms with Crippen LogP contribution in [0.5, 0.6) is 0 Å². The predicted octanol–water partition coefficient (Wildman–Crippen LogP) is 3.78. The van der Waals surface area contributed by atoms with Gasteiger partial charge in [0, 0.05) is 17.8 Å². The molecule has 1 amide bonds. The van der Waals surface area contributed by atoms with E-state index in [-0.39, 0.29) is 22.0 Å². The zero-order chi connectivity index (χ0) is 15.6. The minimum atomic E-state index is -1.22. The van der Waals surface area contributed by atoms with Gasteiger partial charge in [-0.05, 0) is 18.2 Å². The van der Waals surface area contributed by atoms with E-state index in [0.717, 1.165) is 6.07 Å². The van der Waals surface area contributed by atoms with Crippen LogP contribution in [0.25, 0.3) is 0 Å². The van der Waals surface area contributed by atoms with Crippen molar-refractivity contribution in [2.45, 2.75) is 0 Å². The Balaban J connectivity index is 2.28. The Labute approximate surface area is 122 Å². The molecule has 1 N–H and O–H groups in total. The molecule has 2 aromatic carbocycles. The molecule has 8 heteroatoms. The molecule has 2 rings (SSSR count). The molecular formula is C13H7ClF2N2O3. The maximum Gasteiger partial charge on any atom is 0.271 e. The van der Waals surface area contributed by atoms with Crippen molar-refractivity contribution in [2.24, 2.45) is 0 Å². The molecule has 0 saturated heterocycles. The van der Waals surface area contributed by atoms with Gasteiger partial charge in [0.25, 0.3) is 11.6 Å². The van der Waals surface area contributed by atoms with E-state index in [1.54, 1.807) is 0 Å². The van der Waals surface area contributed by atoms with E-state index in [4.69, 9.17) is 11.6 Å². The summed E-state index contributed by atoms with van der Waals surface area (Å²) in [5.74, 6) is -3.20. The lowest BCUT2D eigenvalue weighted by molar-refractivity contribution is -0.384. The number of halogens is 3. The van der Waals surface area contributed by atoms with Gasteiger partial charge in [0.05, 0.1) is 15.5 Å². The van der Waals surface area contributed by atoms with Gasteiger partial charge >= 0.3 is 0 Å². The number of hydrogen-bond donors (Lipinski definition) is 1. The zero-order valence-electron chi connectivity index (χ0n) is 10.3. The fourth-order valence-electron chi connectivity index (χ4n) is 1.59. The van der Waals surface area contributed by atoms with Crippen LogP contribution in [0.15, 0.2) is 36.4 Å². The number of nitrogens with one attached hydrogen (secondary N) is 1. The summed E-state index contributed by atoms with van der Waals surface area (Å²) in [5, 5.41) is 12.7. The highest BCUT2D eigenvalue weighted by Crippen LogP contribution is 2.22. The summed E-state index contributed by atoms with van der Waals surface area (Å²) in [5.41, 5.74) is -0.360. The Morgan fingerprint density at radius 2 is 1.86 bits per heavy atom. The third kappa shape index (κ3) is 3.32. The SMILES string of the molecule is O=C(Nc1cccc([N+](=O)[O-])c1)c1cc(F)c(F)cc1Cl. The fourth-order valence-corrected chi connectivity index (χ4v) is 1.83. The Hall–Kier alpha value is -2.54. The van der Waals surface area contributed by atoms with Crippen LogP contribution in [0.1, 0.15) is 10.4 Å². The number of carbonyl (C=O) groups excluding carboxylic acids is 1. The van der Waals surface area contributed by atoms with E-state index in [1.807, 2.05) is 0 Å². The second-order valence-electron chi connectivity index (χ2n) is 4.01. The molecule has 2 aromatic rings. The smallest absolute Gasteiger partial charge is 0.271 e. The standard InChI is InChI=1S/C13H7ClF2N2O3/c14-10-6-12(16)11(15)5-9(10)13(19)17-7-2-1-3-8(4-7)18(20)21/h1-6H,(H,17,19). The highest BCUT2D eigenvalue weighted by molar-refractivity contribution is 6.34. The Morgan fingerprint density at radius 3 is 2.52 bits per heavy atom. The normalized spacial score (nSPS) is 10.2. The highest BCUT2D eigenvalue weighted by Gasteiger charge is 2.16. The van der Waals surface area contributed by atoms with Gasteiger partial charge in [-0.25, -0.2) is 8.78 Å². The van der Waals surface area contributed by atoms with Gasteiger partial charge in [-0.2, -0.15) is 0 Å². The number of nitrogens with zero attached hydrogens (tertiary/aromatic N) is 1. The summed E-state index contributed by atoms with van der Waals surface area (Å²) in [6.07, 6.45) is 0. The van der Waals surface area contributed by atoms with Gasteiger partial charge in [0.1, 0.15) is 0 Å². The summed E-state index contributed by atoms with van der Waals surface area (Å²) >= 11 is 5.67. The molecule has 0 radical (unpaired) electrons. The molecule has 0 fully saturated rings. The van der Waals surface area contributed by atoms with Gasteiger partial charge in [0.2, 0.25) is 0 Å². The molecule has 0 aromatic heterocycles. The number of rotatable bonds is 3. The van der Waals surface area contributed by atoms with Crippen molar-refractivity contribution in [1.82, 2.24) is 0 Å². The molecule has 0 bridgehead atoms. The molecule has 0 spiro atoms. The van der Waals surface area contributed by atoms with E-state index in [9.17, 15) is 23.7 Å². The Kier molecular flexibility index (Phi) is 4.13. The van der Waals surface area contributed by atoms with Crippen molar-refractivity contribution >= 4 is 28.9 Å². The first-order valence-corrected chi connectivity index (χ1v) is 5.96. The van der Waals surface area contributed by atoms with Crippen LogP contribution in [0.4, 0.5) is 20.2 Å². The monoisotopic (exact) mass is 312 g/mol. The number of hydrogen-bond acceptors (Lipinski definition) is 3. The molecule has 0 heterocycles. The van der Waals surface area contributed by atoms with E-state index in [2.05, 4.69) is 5.32 Å². The first-order valence-electron chi connectivity index (χ1n) is 5.59. The number of benzene rings is 2. The van der Waals surface area contributed by atoms with Crippen LogP contribution in [0, 0.1) is 21.7 Å². The first-order chi connectivity index (χ1) is 9.88. The van der Waals surface area contributed by atoms with Gasteiger partial charge in [0.15, 0.2) is 11.6 Å². The highest BCUT2D eigenvalue weighted by atomic mass is 35.5. The minimum absolute atomic E-state index is 0.134. The van der Waals surface area contributed by atoms with Crippen molar-refractivity contribution in [1.29, 1.82) is 0 Å². The summed E-state index contributed by atoms with van der Waals surface area (Å²) in [6.45, 7) is 0. The number of nitro benzene ring substituents is 1. The second kappa shape index (κ2) is 5.84. The molecule has 0 aliphatic rings. The van der Waals surface area contributed by atoms with Crippen LogP contribution in [0.2, 0.25) is 5.02 Å². The van der Waals surface area contributed by atoms with E-state index < -0.39 is 22.5 Å². The summed E-state index contributed by atoms with van der Waals surface area (Å²) in [7, 11) is 0. The van der Waals surface area contributed by atoms with Crippen LogP contribution >= 0.6 is 11.6 Å². The van der Waals surface area contributed by atoms with E-state index in [0.29, 0.717) is 12.1 Å². The van der Waals surface area contributed by atoms with Gasteiger partial charge in [-0.1, -0.05) is 17.7 Å². The van der Waals surface area contributed by atoms with Crippen molar-refractivity contribution in [3.05, 3.63) is 68.7 Å². The lowest BCUT2D eigenvalue weighted by Gasteiger charge is -2.07. The van der Waals surface area contributed by atoms with Crippen LogP contribution in [0.3, 0.4) is 0 Å². The van der Waals surface area contributed by atoms with Crippen molar-refractivity contribution in [3.8, 4) is 0 Å². The maximum absolute atomic E-state index is 13.1. The predicted molar refractivity (Wildman–Crippen MR) is 72.4 cm³/mol. The first kappa shape index (κ1) is 14.9. The second-order valence-corrected chi connectivity index (χ2v) is 4.41. The largest absolute Gasteiger partial charge is 0.322 e. The zero-order valence-corrected chi connectivity index (χ0v) is 11.0. The maximum atomic E-state index is 13.1. The van der Waals surface area contributed by atoms with Gasteiger partial charge in [-0.15, -0.1) is 0 Å². The fraction of sp³-hybridized carbons (Fsp3) is 0. The molecule has 5 nitrogen and oxygen atoms in total. The topological polar surface area (TPSA) is 72.2 Å². The summed E-state index contributed by atoms with van der Waals surface area (Å²) in [4.78, 5) is 21.9. The number of carbonyl (C=O) groups is 1. The number of non-ortho nitro benzene ring substituents is 1. The minimum Gasteiger partial charge on any atom is -0.322 e. The Bertz CT molecular complexity index is 737. The molecular weight excluding hydrogens is 306 g/mol. The van der Waals surface area contributed by atoms with Crippen molar-refractivity contribution in [3.63, 3.8) is 0 Å². The van der Waals surface area contributed by atoms with Gasteiger partial charge in [-0.3, -0.25) is 14.9 Å². The lowest BCUT2D eigenvalue weighted by Crippen LogP contribution is -2.13. The number of amides is 1. The van der Waals surface area contributed by atoms with Crippen LogP contribution in [-0.4, -0.2) is 10.8 Å². The van der Waals surface area contributed by atoms with Crippen LogP contribution < -0.4 is 5.32 Å². The molecule has 0 unspecified atom stereocenters. The average Bonchev–Trinajstić information content (AvgIpc) is 2.43. The third-order valence-electron chi connectivity index (χ3n) is 2.57. The molecule has 0 aliphatic carbocycles. The summed E-state index contributed by atoms with van der Waals surface area (Å²) < 4.78 is 26.1. The van der Waals surface area contributed by atoms with Crippen molar-refractivity contribution < 1.29 is 18.5 Å². The quantitative estimate of drug-likeness (QED) is 0.532. The third-order valence-corrected chi connectivity index (χ3v) is 2.88. The van der Waals surface area contributed by atoms with Crippen LogP contribution in [-0.2, 0) is 0 Å². The summed E-state index contributed by atoms with van der Waals surface area (Å²) in [6, 6.07) is 6.51. The lowest BCUT2D eigenvalue weighted by atomic mass is 10.2. The van der Waals surface area contributed by atoms with Gasteiger partial charge < -0.3 is 5.32 Å². The molecule has 108 valence electrons. The average molecular weight is 313 g/mol. The number of nitro groups is 1. The number of anilines is 1. The molecule has 21 heavy (non-hydrogen) atoms. The molecule has 0 saturated carbocycles. The molecule has 0 atom stereocenters. The Morgan fingerprint density at radius 1 is 1.19 bits per heavy atom. The molecule has 0 aliphatic heterocycles.